The van der Waals surface area contributed by atoms with Crippen LogP contribution in [0.4, 0.5) is 5.82 Å². The second-order valence-corrected chi connectivity index (χ2v) is 11.4. The number of benzene rings is 2. The maximum Gasteiger partial charge on any atom is 0.161 e. The highest BCUT2D eigenvalue weighted by Crippen LogP contribution is 2.36. The fourth-order valence-corrected chi connectivity index (χ4v) is 6.28. The summed E-state index contributed by atoms with van der Waals surface area (Å²) in [6, 6.07) is 10.7. The number of anilines is 1. The van der Waals surface area contributed by atoms with E-state index in [1.165, 1.54) is 39.2 Å². The summed E-state index contributed by atoms with van der Waals surface area (Å²) >= 11 is 0. The number of ether oxygens (including phenoxy) is 2. The van der Waals surface area contributed by atoms with Crippen LogP contribution in [0.25, 0.3) is 16.7 Å². The number of rotatable bonds is 11. The molecule has 1 aliphatic rings. The molecule has 4 aromatic rings. The van der Waals surface area contributed by atoms with Crippen molar-refractivity contribution in [2.45, 2.75) is 73.3 Å². The topological polar surface area (TPSA) is 73.6 Å². The SMILES string of the molecule is CCOc1ccc(CCC2(CCNc3nc(C)nc4c3c(C)c(C)n4-c3c(C)cc(C)cc3C)C=CC=N2)cc1OC. The molecule has 0 bridgehead atoms. The first-order chi connectivity index (χ1) is 20.2. The van der Waals surface area contributed by atoms with Gasteiger partial charge in [-0.25, -0.2) is 9.97 Å². The Morgan fingerprint density at radius 1 is 0.929 bits per heavy atom. The molecule has 0 saturated carbocycles. The number of nitrogens with one attached hydrogen (secondary N) is 1. The Morgan fingerprint density at radius 2 is 1.69 bits per heavy atom. The van der Waals surface area contributed by atoms with Gasteiger partial charge in [0.25, 0.3) is 0 Å². The van der Waals surface area contributed by atoms with E-state index in [-0.39, 0.29) is 5.54 Å². The Balaban J connectivity index is 1.38. The zero-order valence-electron chi connectivity index (χ0n) is 26.3. The average Bonchev–Trinajstić information content (AvgIpc) is 3.51. The summed E-state index contributed by atoms with van der Waals surface area (Å²) in [5.41, 5.74) is 9.26. The highest BCUT2D eigenvalue weighted by Gasteiger charge is 2.28. The standard InChI is InChI=1S/C35H43N5O2/c1-9-42-29-12-11-28(21-30(29)41-8)13-15-35(14-10-17-37-35)16-18-36-33-31-25(5)26(6)40(34(31)39-27(7)38-33)32-23(3)19-22(2)20-24(32)4/h10-12,14,17,19-21H,9,13,15-16,18H2,1-8H3,(H,36,38,39). The van der Waals surface area contributed by atoms with Crippen molar-refractivity contribution in [1.29, 1.82) is 0 Å². The molecular weight excluding hydrogens is 522 g/mol. The van der Waals surface area contributed by atoms with Crippen molar-refractivity contribution in [2.24, 2.45) is 4.99 Å². The van der Waals surface area contributed by atoms with Crippen molar-refractivity contribution in [3.63, 3.8) is 0 Å². The summed E-state index contributed by atoms with van der Waals surface area (Å²) in [7, 11) is 1.69. The molecular formula is C35H43N5O2. The number of hydrogen-bond acceptors (Lipinski definition) is 6. The monoisotopic (exact) mass is 565 g/mol. The Hall–Kier alpha value is -4.13. The first kappa shape index (κ1) is 29.4. The van der Waals surface area contributed by atoms with Gasteiger partial charge >= 0.3 is 0 Å². The van der Waals surface area contributed by atoms with E-state index >= 15 is 0 Å². The van der Waals surface area contributed by atoms with Crippen molar-refractivity contribution in [3.05, 3.63) is 81.8 Å². The van der Waals surface area contributed by atoms with Gasteiger partial charge in [0, 0.05) is 18.5 Å². The van der Waals surface area contributed by atoms with Gasteiger partial charge in [0.1, 0.15) is 11.6 Å². The summed E-state index contributed by atoms with van der Waals surface area (Å²) in [6.07, 6.45) is 8.86. The quantitative estimate of drug-likeness (QED) is 0.204. The molecule has 0 fully saturated rings. The summed E-state index contributed by atoms with van der Waals surface area (Å²) in [5.74, 6) is 3.19. The lowest BCUT2D eigenvalue weighted by atomic mass is 9.89. The molecule has 42 heavy (non-hydrogen) atoms. The van der Waals surface area contributed by atoms with Crippen LogP contribution in [0.5, 0.6) is 11.5 Å². The second kappa shape index (κ2) is 12.0. The van der Waals surface area contributed by atoms with Gasteiger partial charge in [-0.2, -0.15) is 0 Å². The number of allylic oxidation sites excluding steroid dienone is 1. The van der Waals surface area contributed by atoms with E-state index in [9.17, 15) is 0 Å². The van der Waals surface area contributed by atoms with Crippen LogP contribution >= 0.6 is 0 Å². The molecule has 1 N–H and O–H groups in total. The van der Waals surface area contributed by atoms with E-state index in [1.807, 2.05) is 26.1 Å². The number of methoxy groups -OCH3 is 1. The van der Waals surface area contributed by atoms with E-state index < -0.39 is 0 Å². The highest BCUT2D eigenvalue weighted by atomic mass is 16.5. The van der Waals surface area contributed by atoms with Crippen LogP contribution < -0.4 is 14.8 Å². The maximum atomic E-state index is 5.69. The Morgan fingerprint density at radius 3 is 2.36 bits per heavy atom. The molecule has 3 heterocycles. The largest absolute Gasteiger partial charge is 0.493 e. The van der Waals surface area contributed by atoms with Crippen molar-refractivity contribution < 1.29 is 9.47 Å². The van der Waals surface area contributed by atoms with Crippen LogP contribution in [0.15, 0.2) is 47.5 Å². The molecule has 7 heteroatoms. The van der Waals surface area contributed by atoms with Gasteiger partial charge < -0.3 is 14.8 Å². The molecule has 2 aromatic carbocycles. The predicted octanol–water partition coefficient (Wildman–Crippen LogP) is 7.49. The minimum Gasteiger partial charge on any atom is -0.493 e. The van der Waals surface area contributed by atoms with Crippen molar-refractivity contribution >= 4 is 23.1 Å². The third-order valence-corrected chi connectivity index (χ3v) is 8.37. The number of aliphatic imine (C=N–C) groups is 1. The van der Waals surface area contributed by atoms with E-state index in [2.05, 4.69) is 80.9 Å². The minimum absolute atomic E-state index is 0.257. The fraction of sp³-hybridized carbons (Fsp3) is 0.400. The molecule has 1 unspecified atom stereocenters. The van der Waals surface area contributed by atoms with Crippen LogP contribution in [0.3, 0.4) is 0 Å². The maximum absolute atomic E-state index is 5.69. The molecule has 220 valence electrons. The smallest absolute Gasteiger partial charge is 0.161 e. The molecule has 5 rings (SSSR count). The number of hydrogen-bond donors (Lipinski definition) is 1. The average molecular weight is 566 g/mol. The third-order valence-electron chi connectivity index (χ3n) is 8.37. The lowest BCUT2D eigenvalue weighted by Crippen LogP contribution is -2.26. The minimum atomic E-state index is -0.257. The summed E-state index contributed by atoms with van der Waals surface area (Å²) in [6.45, 7) is 16.2. The molecule has 0 radical (unpaired) electrons. The molecule has 0 aliphatic carbocycles. The highest BCUT2D eigenvalue weighted by molar-refractivity contribution is 5.93. The fourth-order valence-electron chi connectivity index (χ4n) is 6.28. The third kappa shape index (κ3) is 5.65. The Bertz CT molecular complexity index is 1650. The van der Waals surface area contributed by atoms with Crippen LogP contribution in [0, 0.1) is 41.5 Å². The normalized spacial score (nSPS) is 16.0. The zero-order chi connectivity index (χ0) is 30.0. The number of aromatic nitrogens is 3. The van der Waals surface area contributed by atoms with Crippen LogP contribution in [-0.4, -0.2) is 46.6 Å². The van der Waals surface area contributed by atoms with Crippen LogP contribution in [0.2, 0.25) is 0 Å². The van der Waals surface area contributed by atoms with Crippen molar-refractivity contribution in [2.75, 3.05) is 25.6 Å². The first-order valence-corrected chi connectivity index (χ1v) is 14.9. The van der Waals surface area contributed by atoms with Crippen molar-refractivity contribution in [1.82, 2.24) is 14.5 Å². The van der Waals surface area contributed by atoms with Gasteiger partial charge in [-0.15, -0.1) is 0 Å². The summed E-state index contributed by atoms with van der Waals surface area (Å²) < 4.78 is 13.6. The summed E-state index contributed by atoms with van der Waals surface area (Å²) in [4.78, 5) is 14.7. The molecule has 0 spiro atoms. The van der Waals surface area contributed by atoms with Gasteiger partial charge in [-0.3, -0.25) is 9.56 Å². The Labute approximate surface area is 249 Å². The summed E-state index contributed by atoms with van der Waals surface area (Å²) in [5, 5.41) is 4.76. The molecule has 0 amide bonds. The van der Waals surface area contributed by atoms with Gasteiger partial charge in [0.05, 0.1) is 30.3 Å². The zero-order valence-corrected chi connectivity index (χ0v) is 26.3. The predicted molar refractivity (Wildman–Crippen MR) is 173 cm³/mol. The van der Waals surface area contributed by atoms with Gasteiger partial charge in [0.15, 0.2) is 17.1 Å². The molecule has 2 aromatic heterocycles. The van der Waals surface area contributed by atoms with Gasteiger partial charge in [0.2, 0.25) is 0 Å². The van der Waals surface area contributed by atoms with E-state index in [0.29, 0.717) is 6.61 Å². The molecule has 7 nitrogen and oxygen atoms in total. The van der Waals surface area contributed by atoms with E-state index in [0.717, 1.165) is 60.0 Å². The van der Waals surface area contributed by atoms with E-state index in [1.54, 1.807) is 7.11 Å². The first-order valence-electron chi connectivity index (χ1n) is 14.9. The molecule has 0 saturated heterocycles. The lowest BCUT2D eigenvalue weighted by Gasteiger charge is -2.25. The lowest BCUT2D eigenvalue weighted by molar-refractivity contribution is 0.310. The molecule has 1 atom stereocenters. The van der Waals surface area contributed by atoms with Crippen LogP contribution in [-0.2, 0) is 6.42 Å². The number of aryl methyl sites for hydroxylation is 6. The second-order valence-electron chi connectivity index (χ2n) is 11.4. The number of fused-ring (bicyclic) bond motifs is 1. The Kier molecular flexibility index (Phi) is 8.39. The van der Waals surface area contributed by atoms with Gasteiger partial charge in [-0.05, 0) is 108 Å². The van der Waals surface area contributed by atoms with Crippen molar-refractivity contribution in [3.8, 4) is 17.2 Å². The van der Waals surface area contributed by atoms with Crippen LogP contribution in [0.1, 0.15) is 59.1 Å². The number of nitrogens with zero attached hydrogens (tertiary/aromatic N) is 4. The molecule has 1 aliphatic heterocycles. The van der Waals surface area contributed by atoms with Gasteiger partial charge in [-0.1, -0.05) is 29.8 Å². The van der Waals surface area contributed by atoms with E-state index in [4.69, 9.17) is 24.4 Å².